The molecule has 0 saturated carbocycles. The molecule has 24 heavy (non-hydrogen) atoms. The van der Waals surface area contributed by atoms with Gasteiger partial charge in [0.1, 0.15) is 11.9 Å². The highest BCUT2D eigenvalue weighted by molar-refractivity contribution is 5.76. The molecular formula is C18H22FN3O2. The molecule has 2 aliphatic heterocycles. The summed E-state index contributed by atoms with van der Waals surface area (Å²) in [5.74, 6) is -0.170. The van der Waals surface area contributed by atoms with E-state index in [9.17, 15) is 14.4 Å². The lowest BCUT2D eigenvalue weighted by atomic mass is 10.1. The van der Waals surface area contributed by atoms with Gasteiger partial charge in [0, 0.05) is 32.8 Å². The van der Waals surface area contributed by atoms with Gasteiger partial charge in [-0.3, -0.25) is 9.69 Å². The molecule has 0 spiro atoms. The Hall–Kier alpha value is -1.97. The highest BCUT2D eigenvalue weighted by Gasteiger charge is 2.28. The average molecular weight is 331 g/mol. The van der Waals surface area contributed by atoms with Gasteiger partial charge in [0.15, 0.2) is 0 Å². The third kappa shape index (κ3) is 3.92. The van der Waals surface area contributed by atoms with Crippen molar-refractivity contribution in [1.29, 1.82) is 5.26 Å². The van der Waals surface area contributed by atoms with Gasteiger partial charge in [-0.25, -0.2) is 4.39 Å². The molecule has 1 aromatic carbocycles. The second-order valence-electron chi connectivity index (χ2n) is 6.34. The van der Waals surface area contributed by atoms with E-state index in [0.717, 1.165) is 25.0 Å². The van der Waals surface area contributed by atoms with Gasteiger partial charge in [-0.05, 0) is 30.5 Å². The van der Waals surface area contributed by atoms with Crippen molar-refractivity contribution < 1.29 is 13.9 Å². The zero-order valence-corrected chi connectivity index (χ0v) is 13.7. The number of piperazine rings is 1. The van der Waals surface area contributed by atoms with E-state index in [1.165, 1.54) is 12.1 Å². The molecule has 128 valence electrons. The number of amides is 1. The first-order valence-electron chi connectivity index (χ1n) is 8.46. The van der Waals surface area contributed by atoms with Gasteiger partial charge in [0.05, 0.1) is 18.6 Å². The highest BCUT2D eigenvalue weighted by atomic mass is 19.1. The summed E-state index contributed by atoms with van der Waals surface area (Å²) in [7, 11) is 0. The molecule has 2 aliphatic rings. The zero-order valence-electron chi connectivity index (χ0n) is 13.7. The smallest absolute Gasteiger partial charge is 0.225 e. The van der Waals surface area contributed by atoms with E-state index in [-0.39, 0.29) is 17.8 Å². The van der Waals surface area contributed by atoms with Crippen molar-refractivity contribution in [3.8, 4) is 6.07 Å². The minimum Gasteiger partial charge on any atom is -0.378 e. The Labute approximate surface area is 141 Å². The van der Waals surface area contributed by atoms with Crippen LogP contribution in [0.5, 0.6) is 0 Å². The second-order valence-corrected chi connectivity index (χ2v) is 6.34. The molecule has 0 unspecified atom stereocenters. The molecule has 1 amide bonds. The average Bonchev–Trinajstić information content (AvgIpc) is 3.11. The van der Waals surface area contributed by atoms with E-state index in [0.29, 0.717) is 32.6 Å². The van der Waals surface area contributed by atoms with Crippen LogP contribution >= 0.6 is 0 Å². The van der Waals surface area contributed by atoms with Crippen molar-refractivity contribution in [1.82, 2.24) is 9.80 Å². The molecule has 0 aliphatic carbocycles. The molecule has 0 radical (unpaired) electrons. The molecule has 2 heterocycles. The van der Waals surface area contributed by atoms with Crippen molar-refractivity contribution in [2.24, 2.45) is 0 Å². The molecule has 6 heteroatoms. The maximum absolute atomic E-state index is 13.1. The van der Waals surface area contributed by atoms with Crippen LogP contribution in [0.1, 0.15) is 30.9 Å². The van der Waals surface area contributed by atoms with Crippen LogP contribution < -0.4 is 0 Å². The number of nitrogens with zero attached hydrogens (tertiary/aromatic N) is 3. The van der Waals surface area contributed by atoms with Crippen LogP contribution in [-0.2, 0) is 9.53 Å². The Morgan fingerprint density at radius 3 is 2.58 bits per heavy atom. The quantitative estimate of drug-likeness (QED) is 0.848. The Morgan fingerprint density at radius 2 is 2.00 bits per heavy atom. The number of carbonyl (C=O) groups excluding carboxylic acids is 1. The van der Waals surface area contributed by atoms with Crippen molar-refractivity contribution >= 4 is 5.91 Å². The minimum absolute atomic E-state index is 0.0709. The van der Waals surface area contributed by atoms with Crippen LogP contribution in [-0.4, -0.2) is 54.6 Å². The molecule has 0 bridgehead atoms. The number of hydrogen-bond donors (Lipinski definition) is 0. The summed E-state index contributed by atoms with van der Waals surface area (Å²) in [5.41, 5.74) is 0.790. The van der Waals surface area contributed by atoms with E-state index in [1.54, 1.807) is 12.1 Å². The summed E-state index contributed by atoms with van der Waals surface area (Å²) in [6.07, 6.45) is 2.53. The number of rotatable bonds is 4. The Balaban J connectivity index is 1.54. The van der Waals surface area contributed by atoms with Crippen molar-refractivity contribution in [2.45, 2.75) is 31.4 Å². The number of hydrogen-bond acceptors (Lipinski definition) is 4. The number of nitriles is 1. The number of halogens is 1. The predicted molar refractivity (Wildman–Crippen MR) is 86.5 cm³/mol. The molecule has 2 fully saturated rings. The zero-order chi connectivity index (χ0) is 16.9. The molecule has 2 atom stereocenters. The largest absolute Gasteiger partial charge is 0.378 e. The third-order valence-electron chi connectivity index (χ3n) is 4.77. The lowest BCUT2D eigenvalue weighted by molar-refractivity contribution is -0.135. The van der Waals surface area contributed by atoms with Gasteiger partial charge in [-0.2, -0.15) is 5.26 Å². The summed E-state index contributed by atoms with van der Waals surface area (Å²) in [6, 6.07) is 7.94. The Morgan fingerprint density at radius 1 is 1.29 bits per heavy atom. The molecule has 2 saturated heterocycles. The third-order valence-corrected chi connectivity index (χ3v) is 4.77. The van der Waals surface area contributed by atoms with Crippen LogP contribution in [0.2, 0.25) is 0 Å². The number of ether oxygens (including phenoxy) is 1. The predicted octanol–water partition coefficient (Wildman–Crippen LogP) is 2.10. The van der Waals surface area contributed by atoms with Crippen LogP contribution in [0.15, 0.2) is 24.3 Å². The van der Waals surface area contributed by atoms with E-state index < -0.39 is 6.04 Å². The number of carbonyl (C=O) groups is 1. The number of benzene rings is 1. The molecule has 5 nitrogen and oxygen atoms in total. The van der Waals surface area contributed by atoms with Gasteiger partial charge in [-0.15, -0.1) is 0 Å². The standard InChI is InChI=1S/C18H22FN3O2/c19-15-5-3-14(4-6-15)17(13-20)21-7-9-22(10-8-21)18(23)12-16-2-1-11-24-16/h3-6,16-17H,1-2,7-12H2/t16-,17+/m0/s1. The fourth-order valence-corrected chi connectivity index (χ4v) is 3.37. The second kappa shape index (κ2) is 7.73. The summed E-state index contributed by atoms with van der Waals surface area (Å²) in [4.78, 5) is 16.2. The lowest BCUT2D eigenvalue weighted by Crippen LogP contribution is -2.50. The van der Waals surface area contributed by atoms with E-state index >= 15 is 0 Å². The fraction of sp³-hybridized carbons (Fsp3) is 0.556. The Bertz CT molecular complexity index is 600. The SMILES string of the molecule is N#C[C@H](c1ccc(F)cc1)N1CCN(C(=O)C[C@@H]2CCCO2)CC1. The van der Waals surface area contributed by atoms with Gasteiger partial charge in [0.2, 0.25) is 5.91 Å². The molecule has 0 aromatic heterocycles. The fourth-order valence-electron chi connectivity index (χ4n) is 3.37. The molecule has 1 aromatic rings. The van der Waals surface area contributed by atoms with Gasteiger partial charge < -0.3 is 9.64 Å². The normalized spacial score (nSPS) is 23.0. The van der Waals surface area contributed by atoms with Crippen molar-refractivity contribution in [2.75, 3.05) is 32.8 Å². The summed E-state index contributed by atoms with van der Waals surface area (Å²) in [5, 5.41) is 9.48. The van der Waals surface area contributed by atoms with Crippen LogP contribution in [0.3, 0.4) is 0 Å². The van der Waals surface area contributed by atoms with Gasteiger partial charge in [0.25, 0.3) is 0 Å². The molecular weight excluding hydrogens is 309 g/mol. The van der Waals surface area contributed by atoms with Crippen molar-refractivity contribution in [3.63, 3.8) is 0 Å². The van der Waals surface area contributed by atoms with E-state index in [4.69, 9.17) is 4.74 Å². The highest BCUT2D eigenvalue weighted by Crippen LogP contribution is 2.23. The summed E-state index contributed by atoms with van der Waals surface area (Å²) < 4.78 is 18.6. The maximum atomic E-state index is 13.1. The van der Waals surface area contributed by atoms with Crippen molar-refractivity contribution in [3.05, 3.63) is 35.6 Å². The Kier molecular flexibility index (Phi) is 5.44. The monoisotopic (exact) mass is 331 g/mol. The van der Waals surface area contributed by atoms with Crippen LogP contribution in [0, 0.1) is 17.1 Å². The van der Waals surface area contributed by atoms with Crippen LogP contribution in [0.4, 0.5) is 4.39 Å². The molecule has 3 rings (SSSR count). The van der Waals surface area contributed by atoms with Gasteiger partial charge >= 0.3 is 0 Å². The first-order chi connectivity index (χ1) is 11.7. The van der Waals surface area contributed by atoms with Crippen LogP contribution in [0.25, 0.3) is 0 Å². The lowest BCUT2D eigenvalue weighted by Gasteiger charge is -2.37. The van der Waals surface area contributed by atoms with E-state index in [1.807, 2.05) is 9.80 Å². The van der Waals surface area contributed by atoms with Gasteiger partial charge in [-0.1, -0.05) is 12.1 Å². The minimum atomic E-state index is -0.402. The topological polar surface area (TPSA) is 56.6 Å². The summed E-state index contributed by atoms with van der Waals surface area (Å²) >= 11 is 0. The van der Waals surface area contributed by atoms with E-state index in [2.05, 4.69) is 6.07 Å². The first kappa shape index (κ1) is 16.9. The first-order valence-corrected chi connectivity index (χ1v) is 8.46. The maximum Gasteiger partial charge on any atom is 0.225 e. The summed E-state index contributed by atoms with van der Waals surface area (Å²) in [6.45, 7) is 3.28. The molecule has 0 N–H and O–H groups in total.